The highest BCUT2D eigenvalue weighted by atomic mass is 16.5. The van der Waals surface area contributed by atoms with Crippen molar-refractivity contribution >= 4 is 22.4 Å². The number of Topliss-reactive ketones (excluding diaryl/α,β-unsaturated/α-hetero) is 1. The van der Waals surface area contributed by atoms with Gasteiger partial charge in [0, 0.05) is 28.2 Å². The lowest BCUT2D eigenvalue weighted by molar-refractivity contribution is 0.0754. The monoisotopic (exact) mass is 404 g/mol. The van der Waals surface area contributed by atoms with E-state index in [1.807, 2.05) is 79.9 Å². The van der Waals surface area contributed by atoms with Gasteiger partial charge >= 0.3 is 0 Å². The number of benzene rings is 3. The Morgan fingerprint density at radius 3 is 2.42 bits per heavy atom. The minimum absolute atomic E-state index is 0.131. The Morgan fingerprint density at radius 2 is 1.68 bits per heavy atom. The minimum Gasteiger partial charge on any atom is -0.479 e. The number of aromatic amines is 1. The first-order chi connectivity index (χ1) is 15.2. The maximum absolute atomic E-state index is 13.5. The molecule has 0 amide bonds. The molecule has 0 fully saturated rings. The van der Waals surface area contributed by atoms with E-state index in [0.29, 0.717) is 16.9 Å². The van der Waals surface area contributed by atoms with E-state index in [0.717, 1.165) is 27.6 Å². The van der Waals surface area contributed by atoms with Gasteiger partial charge in [-0.05, 0) is 18.6 Å². The summed E-state index contributed by atoms with van der Waals surface area (Å²) in [6.07, 6.45) is 1.04. The summed E-state index contributed by atoms with van der Waals surface area (Å²) >= 11 is 0. The van der Waals surface area contributed by atoms with Gasteiger partial charge in [0.2, 0.25) is 5.78 Å². The molecular formula is C27H20N2O2. The van der Waals surface area contributed by atoms with Crippen molar-refractivity contribution < 1.29 is 9.53 Å². The zero-order valence-electron chi connectivity index (χ0n) is 17.0. The van der Waals surface area contributed by atoms with Crippen LogP contribution in [-0.2, 0) is 4.74 Å². The molecule has 1 aromatic heterocycles. The van der Waals surface area contributed by atoms with Crippen LogP contribution >= 0.6 is 0 Å². The highest BCUT2D eigenvalue weighted by Gasteiger charge is 2.43. The molecule has 31 heavy (non-hydrogen) atoms. The molecule has 0 saturated heterocycles. The zero-order valence-corrected chi connectivity index (χ0v) is 17.0. The van der Waals surface area contributed by atoms with Crippen LogP contribution in [0.3, 0.4) is 0 Å². The van der Waals surface area contributed by atoms with Crippen molar-refractivity contribution in [1.82, 2.24) is 4.98 Å². The fourth-order valence-corrected chi connectivity index (χ4v) is 4.23. The number of para-hydroxylation sites is 1. The minimum atomic E-state index is -0.802. The van der Waals surface area contributed by atoms with Crippen LogP contribution in [0.5, 0.6) is 0 Å². The Bertz CT molecular complexity index is 1340. The van der Waals surface area contributed by atoms with Crippen LogP contribution < -0.4 is 0 Å². The molecule has 1 aliphatic heterocycles. The van der Waals surface area contributed by atoms with Gasteiger partial charge in [-0.3, -0.25) is 4.79 Å². The van der Waals surface area contributed by atoms with E-state index in [1.165, 1.54) is 0 Å². The Balaban J connectivity index is 1.67. The normalized spacial score (nSPS) is 18.1. The predicted molar refractivity (Wildman–Crippen MR) is 120 cm³/mol. The maximum Gasteiger partial charge on any atom is 0.204 e. The van der Waals surface area contributed by atoms with E-state index < -0.39 is 12.0 Å². The molecule has 4 aromatic rings. The van der Waals surface area contributed by atoms with Gasteiger partial charge in [0.1, 0.15) is 5.76 Å². The molecule has 2 heterocycles. The largest absolute Gasteiger partial charge is 0.479 e. The number of nitriles is 1. The summed E-state index contributed by atoms with van der Waals surface area (Å²) in [4.78, 5) is 16.7. The maximum atomic E-state index is 13.5. The number of nitrogens with one attached hydrogen (secondary N) is 1. The summed E-state index contributed by atoms with van der Waals surface area (Å²) in [6.45, 7) is 2.01. The number of rotatable bonds is 4. The number of carbonyl (C=O) groups excluding carboxylic acids is 1. The van der Waals surface area contributed by atoms with Gasteiger partial charge in [-0.2, -0.15) is 5.26 Å². The van der Waals surface area contributed by atoms with Crippen molar-refractivity contribution in [3.63, 3.8) is 0 Å². The quantitative estimate of drug-likeness (QED) is 0.439. The average Bonchev–Trinajstić information content (AvgIpc) is 3.41. The molecule has 0 unspecified atom stereocenters. The third kappa shape index (κ3) is 3.21. The Kier molecular flexibility index (Phi) is 4.65. The molecule has 0 spiro atoms. The first-order valence-corrected chi connectivity index (χ1v) is 10.2. The highest BCUT2D eigenvalue weighted by molar-refractivity contribution is 6.03. The van der Waals surface area contributed by atoms with Gasteiger partial charge in [-0.1, -0.05) is 78.4 Å². The van der Waals surface area contributed by atoms with Crippen LogP contribution in [0.2, 0.25) is 0 Å². The van der Waals surface area contributed by atoms with E-state index in [1.54, 1.807) is 12.1 Å². The number of ketones is 1. The van der Waals surface area contributed by atoms with E-state index >= 15 is 0 Å². The van der Waals surface area contributed by atoms with Crippen LogP contribution in [0.15, 0.2) is 90.6 Å². The molecule has 0 saturated carbocycles. The third-order valence-corrected chi connectivity index (χ3v) is 5.81. The van der Waals surface area contributed by atoms with Crippen molar-refractivity contribution in [2.75, 3.05) is 0 Å². The van der Waals surface area contributed by atoms with Crippen LogP contribution in [0.25, 0.3) is 16.7 Å². The van der Waals surface area contributed by atoms with Gasteiger partial charge < -0.3 is 9.72 Å². The molecule has 0 radical (unpaired) electrons. The molecule has 1 aliphatic rings. The lowest BCUT2D eigenvalue weighted by Crippen LogP contribution is -2.27. The summed E-state index contributed by atoms with van der Waals surface area (Å²) in [5.41, 5.74) is 4.81. The molecule has 150 valence electrons. The van der Waals surface area contributed by atoms with Gasteiger partial charge in [-0.15, -0.1) is 0 Å². The number of carbonyl (C=O) groups is 1. The smallest absolute Gasteiger partial charge is 0.204 e. The van der Waals surface area contributed by atoms with Crippen molar-refractivity contribution in [3.8, 4) is 6.07 Å². The van der Waals surface area contributed by atoms with Gasteiger partial charge in [0.05, 0.1) is 17.6 Å². The lowest BCUT2D eigenvalue weighted by atomic mass is 9.84. The number of nitrogens with zero attached hydrogens (tertiary/aromatic N) is 1. The second kappa shape index (κ2) is 7.62. The van der Waals surface area contributed by atoms with Crippen LogP contribution in [0.1, 0.15) is 33.0 Å². The topological polar surface area (TPSA) is 65.9 Å². The number of ether oxygens (including phenoxy) is 1. The number of aromatic nitrogens is 1. The van der Waals surface area contributed by atoms with Crippen LogP contribution in [0.4, 0.5) is 0 Å². The molecular weight excluding hydrogens is 384 g/mol. The third-order valence-electron chi connectivity index (χ3n) is 5.81. The van der Waals surface area contributed by atoms with Crippen molar-refractivity contribution in [2.24, 2.45) is 0 Å². The van der Waals surface area contributed by atoms with Crippen LogP contribution in [-0.4, -0.2) is 16.9 Å². The second-order valence-corrected chi connectivity index (χ2v) is 7.76. The number of aryl methyl sites for hydroxylation is 1. The van der Waals surface area contributed by atoms with Crippen molar-refractivity contribution in [2.45, 2.75) is 18.9 Å². The van der Waals surface area contributed by atoms with E-state index in [4.69, 9.17) is 4.74 Å². The standard InChI is InChI=1S/C27H20N2O2/c1-17-11-13-18(14-12-17)24-21(15-28)26(22-16-29-23-10-6-5-9-20(22)23)31-27(24)25(30)19-7-3-2-4-8-19/h2-14,16,24,27,29H,1H3/t24-,27-/m0/s1. The molecule has 0 bridgehead atoms. The average molecular weight is 404 g/mol. The SMILES string of the molecule is Cc1ccc([C@H]2C(C#N)=C(c3c[nH]c4ccccc34)O[C@@H]2C(=O)c2ccccc2)cc1. The second-order valence-electron chi connectivity index (χ2n) is 7.76. The Hall–Kier alpha value is -4.10. The summed E-state index contributed by atoms with van der Waals surface area (Å²) in [5, 5.41) is 11.1. The molecule has 4 heteroatoms. The predicted octanol–water partition coefficient (Wildman–Crippen LogP) is 5.78. The van der Waals surface area contributed by atoms with Crippen LogP contribution in [0, 0.1) is 18.3 Å². The van der Waals surface area contributed by atoms with E-state index in [-0.39, 0.29) is 5.78 Å². The summed E-state index contributed by atoms with van der Waals surface area (Å²) in [6, 6.07) is 27.3. The summed E-state index contributed by atoms with van der Waals surface area (Å²) < 4.78 is 6.32. The molecule has 3 aromatic carbocycles. The van der Waals surface area contributed by atoms with E-state index in [9.17, 15) is 10.1 Å². The Labute approximate surface area is 180 Å². The summed E-state index contributed by atoms with van der Waals surface area (Å²) in [5.74, 6) is -0.129. The number of hydrogen-bond acceptors (Lipinski definition) is 3. The Morgan fingerprint density at radius 1 is 0.968 bits per heavy atom. The number of fused-ring (bicyclic) bond motifs is 1. The fraction of sp³-hybridized carbons (Fsp3) is 0.111. The molecule has 5 rings (SSSR count). The number of H-pyrrole nitrogens is 1. The first-order valence-electron chi connectivity index (χ1n) is 10.2. The van der Waals surface area contributed by atoms with Gasteiger partial charge in [0.15, 0.2) is 6.10 Å². The fourth-order valence-electron chi connectivity index (χ4n) is 4.23. The van der Waals surface area contributed by atoms with Gasteiger partial charge in [0.25, 0.3) is 0 Å². The highest BCUT2D eigenvalue weighted by Crippen LogP contribution is 2.45. The molecule has 2 atom stereocenters. The first kappa shape index (κ1) is 18.9. The summed E-state index contributed by atoms with van der Waals surface area (Å²) in [7, 11) is 0. The van der Waals surface area contributed by atoms with Gasteiger partial charge in [-0.25, -0.2) is 0 Å². The molecule has 0 aliphatic carbocycles. The molecule has 1 N–H and O–H groups in total. The number of hydrogen-bond donors (Lipinski definition) is 1. The van der Waals surface area contributed by atoms with Crippen molar-refractivity contribution in [1.29, 1.82) is 5.26 Å². The zero-order chi connectivity index (χ0) is 21.4. The lowest BCUT2D eigenvalue weighted by Gasteiger charge is -2.19. The molecule has 4 nitrogen and oxygen atoms in total. The van der Waals surface area contributed by atoms with E-state index in [2.05, 4.69) is 11.1 Å². The van der Waals surface area contributed by atoms with Crippen molar-refractivity contribution in [3.05, 3.63) is 113 Å².